The van der Waals surface area contributed by atoms with Crippen LogP contribution in [0.25, 0.3) is 0 Å². The normalized spacial score (nSPS) is 19.6. The van der Waals surface area contributed by atoms with Gasteiger partial charge in [0.1, 0.15) is 29.4 Å². The Balaban J connectivity index is 1.49. The van der Waals surface area contributed by atoms with Crippen LogP contribution in [0.4, 0.5) is 5.13 Å². The number of rotatable bonds is 9. The van der Waals surface area contributed by atoms with Gasteiger partial charge in [0.15, 0.2) is 17.5 Å². The molecule has 2 aliphatic heterocycles. The Morgan fingerprint density at radius 1 is 1.40 bits per heavy atom. The zero-order chi connectivity index (χ0) is 25.1. The molecule has 35 heavy (non-hydrogen) atoms. The minimum atomic E-state index is -1.33. The predicted octanol–water partition coefficient (Wildman–Crippen LogP) is -0.329. The topological polar surface area (TPSA) is 202 Å². The number of carboxylic acids is 1. The summed E-state index contributed by atoms with van der Waals surface area (Å²) < 4.78 is 4.91. The number of nitrogen functional groups attached to an aromatic ring is 1. The van der Waals surface area contributed by atoms with E-state index in [9.17, 15) is 24.3 Å². The van der Waals surface area contributed by atoms with Crippen molar-refractivity contribution in [3.63, 3.8) is 0 Å². The van der Waals surface area contributed by atoms with Gasteiger partial charge in [-0.1, -0.05) is 5.16 Å². The van der Waals surface area contributed by atoms with E-state index in [0.29, 0.717) is 11.3 Å². The number of β-lactam (4-membered cyclic amide) rings is 1. The number of amides is 2. The molecule has 2 aromatic heterocycles. The molecule has 14 nitrogen and oxygen atoms in total. The maximum Gasteiger partial charge on any atom is 0.352 e. The molecule has 4 heterocycles. The van der Waals surface area contributed by atoms with Gasteiger partial charge in [0.05, 0.1) is 18.2 Å². The van der Waals surface area contributed by atoms with Crippen LogP contribution in [-0.4, -0.2) is 78.2 Å². The van der Waals surface area contributed by atoms with Crippen molar-refractivity contribution in [3.8, 4) is 0 Å². The maximum atomic E-state index is 13.0. The Labute approximate surface area is 205 Å². The number of nitrogens with one attached hydrogen (secondary N) is 2. The number of imidazole rings is 1. The fourth-order valence-corrected chi connectivity index (χ4v) is 5.20. The quantitative estimate of drug-likeness (QED) is 0.146. The number of hydrogen-bond donors (Lipinski definition) is 4. The average molecular weight is 522 g/mol. The molecule has 184 valence electrons. The first-order valence-corrected chi connectivity index (χ1v) is 11.9. The molecule has 0 unspecified atom stereocenters. The van der Waals surface area contributed by atoms with Gasteiger partial charge in [0.25, 0.3) is 11.8 Å². The molecule has 2 atom stereocenters. The fourth-order valence-electron chi connectivity index (χ4n) is 3.32. The van der Waals surface area contributed by atoms with Crippen LogP contribution in [0.15, 0.2) is 34.3 Å². The van der Waals surface area contributed by atoms with Crippen LogP contribution < -0.4 is 11.1 Å². The number of H-pyrrole nitrogens is 1. The van der Waals surface area contributed by atoms with E-state index in [0.717, 1.165) is 16.2 Å². The Bertz CT molecular complexity index is 1220. The van der Waals surface area contributed by atoms with E-state index in [1.807, 2.05) is 0 Å². The van der Waals surface area contributed by atoms with Crippen molar-refractivity contribution < 1.29 is 33.9 Å². The highest BCUT2D eigenvalue weighted by atomic mass is 32.2. The number of anilines is 1. The number of nitrogens with zero attached hydrogens (tertiary/aromatic N) is 4. The van der Waals surface area contributed by atoms with Crippen LogP contribution in [0, 0.1) is 0 Å². The highest BCUT2D eigenvalue weighted by Gasteiger charge is 2.54. The number of thiazole rings is 1. The molecular formula is C19H19N7O7S2. The van der Waals surface area contributed by atoms with E-state index >= 15 is 0 Å². The molecule has 2 amide bonds. The number of aliphatic carboxylic acids is 1. The number of carbonyl (C=O) groups is 4. The van der Waals surface area contributed by atoms with Crippen LogP contribution in [-0.2, 0) is 35.4 Å². The average Bonchev–Trinajstić information content (AvgIpc) is 3.49. The molecule has 0 aliphatic carbocycles. The first-order valence-electron chi connectivity index (χ1n) is 9.99. The molecule has 5 N–H and O–H groups in total. The van der Waals surface area contributed by atoms with Crippen LogP contribution in [0.5, 0.6) is 0 Å². The lowest BCUT2D eigenvalue weighted by molar-refractivity contribution is -0.150. The minimum absolute atomic E-state index is 0.00287. The second-order valence-electron chi connectivity index (χ2n) is 7.26. The molecule has 16 heteroatoms. The second kappa shape index (κ2) is 10.1. The molecule has 0 spiro atoms. The Morgan fingerprint density at radius 2 is 2.20 bits per heavy atom. The van der Waals surface area contributed by atoms with Gasteiger partial charge in [-0.3, -0.25) is 19.3 Å². The largest absolute Gasteiger partial charge is 0.477 e. The van der Waals surface area contributed by atoms with E-state index < -0.39 is 35.2 Å². The summed E-state index contributed by atoms with van der Waals surface area (Å²) in [5.74, 6) is -3.07. The third kappa shape index (κ3) is 5.12. The van der Waals surface area contributed by atoms with E-state index in [-0.39, 0.29) is 41.2 Å². The number of aromatic amines is 1. The molecule has 0 saturated carbocycles. The Kier molecular flexibility index (Phi) is 7.02. The monoisotopic (exact) mass is 521 g/mol. The predicted molar refractivity (Wildman–Crippen MR) is 123 cm³/mol. The number of carbonyl (C=O) groups excluding carboxylic acids is 3. The first-order chi connectivity index (χ1) is 16.8. The van der Waals surface area contributed by atoms with Crippen molar-refractivity contribution in [2.75, 3.05) is 18.1 Å². The minimum Gasteiger partial charge on any atom is -0.477 e. The number of fused-ring (bicyclic) bond motifs is 1. The van der Waals surface area contributed by atoms with Crippen molar-refractivity contribution in [3.05, 3.63) is 40.6 Å². The van der Waals surface area contributed by atoms with Crippen LogP contribution >= 0.6 is 23.1 Å². The van der Waals surface area contributed by atoms with Crippen LogP contribution in [0.1, 0.15) is 18.3 Å². The number of aromatic nitrogens is 3. The molecule has 0 bridgehead atoms. The number of oxime groups is 1. The van der Waals surface area contributed by atoms with Crippen molar-refractivity contribution in [2.45, 2.75) is 24.9 Å². The number of esters is 1. The lowest BCUT2D eigenvalue weighted by atomic mass is 10.0. The van der Waals surface area contributed by atoms with Crippen LogP contribution in [0.3, 0.4) is 0 Å². The summed E-state index contributed by atoms with van der Waals surface area (Å²) in [5.41, 5.74) is 6.29. The number of nitrogens with two attached hydrogens (primary N) is 1. The van der Waals surface area contributed by atoms with Crippen molar-refractivity contribution in [2.24, 2.45) is 5.16 Å². The zero-order valence-corrected chi connectivity index (χ0v) is 19.7. The highest BCUT2D eigenvalue weighted by molar-refractivity contribution is 8.00. The molecule has 0 aromatic carbocycles. The van der Waals surface area contributed by atoms with Gasteiger partial charge in [0, 0.05) is 23.6 Å². The Morgan fingerprint density at radius 3 is 2.83 bits per heavy atom. The summed E-state index contributed by atoms with van der Waals surface area (Å²) in [5, 5.41) is 17.2. The van der Waals surface area contributed by atoms with E-state index in [4.69, 9.17) is 15.3 Å². The summed E-state index contributed by atoms with van der Waals surface area (Å²) in [6.45, 7) is 0.962. The summed E-state index contributed by atoms with van der Waals surface area (Å²) in [6.07, 6.45) is 2.99. The van der Waals surface area contributed by atoms with E-state index in [1.165, 1.54) is 36.6 Å². The molecule has 0 radical (unpaired) electrons. The van der Waals surface area contributed by atoms with Crippen molar-refractivity contribution >= 4 is 57.7 Å². The summed E-state index contributed by atoms with van der Waals surface area (Å²) in [4.78, 5) is 65.9. The number of hydrogen-bond acceptors (Lipinski definition) is 12. The third-order valence-electron chi connectivity index (χ3n) is 4.90. The summed E-state index contributed by atoms with van der Waals surface area (Å²) >= 11 is 2.33. The lowest BCUT2D eigenvalue weighted by Crippen LogP contribution is -2.71. The smallest absolute Gasteiger partial charge is 0.352 e. The standard InChI is InChI=1S/C19H19N7O7S2/c1-8(27)32-3-9-5-34-17-13(16(29)26(17)14(9)18(30)31)24-15(28)12(11-6-35-19(20)23-11)25-33-4-10-2-21-7-22-10/h2,6-7,13,17H,3-5H2,1H3,(H2,20,23)(H,21,22)(H,24,28)(H,30,31)/t13-,17-/m1/s1. The van der Waals surface area contributed by atoms with Gasteiger partial charge >= 0.3 is 11.9 Å². The molecule has 2 aliphatic rings. The number of ether oxygens (including phenoxy) is 1. The van der Waals surface area contributed by atoms with Gasteiger partial charge in [0.2, 0.25) is 0 Å². The molecule has 4 rings (SSSR count). The third-order valence-corrected chi connectivity index (χ3v) is 6.91. The lowest BCUT2D eigenvalue weighted by Gasteiger charge is -2.49. The fraction of sp³-hybridized carbons (Fsp3) is 0.316. The highest BCUT2D eigenvalue weighted by Crippen LogP contribution is 2.40. The zero-order valence-electron chi connectivity index (χ0n) is 18.1. The maximum absolute atomic E-state index is 13.0. The van der Waals surface area contributed by atoms with E-state index in [1.54, 1.807) is 0 Å². The molecule has 1 fully saturated rings. The van der Waals surface area contributed by atoms with Gasteiger partial charge in [-0.2, -0.15) is 0 Å². The SMILES string of the molecule is CC(=O)OCC1=C(C(=O)O)N2C(=O)[C@@H](NC(=O)C(=NOCc3cnc[nH]3)c3csc(N)n3)[C@H]2SC1. The molecular weight excluding hydrogens is 502 g/mol. The molecule has 2 aromatic rings. The summed E-state index contributed by atoms with van der Waals surface area (Å²) in [7, 11) is 0. The van der Waals surface area contributed by atoms with Gasteiger partial charge in [-0.05, 0) is 0 Å². The Hall–Kier alpha value is -3.92. The van der Waals surface area contributed by atoms with Crippen LogP contribution in [0.2, 0.25) is 0 Å². The second-order valence-corrected chi connectivity index (χ2v) is 9.25. The summed E-state index contributed by atoms with van der Waals surface area (Å²) in [6, 6.07) is -1.01. The van der Waals surface area contributed by atoms with E-state index in [2.05, 4.69) is 25.4 Å². The van der Waals surface area contributed by atoms with Gasteiger partial charge in [-0.25, -0.2) is 14.8 Å². The van der Waals surface area contributed by atoms with Crippen molar-refractivity contribution in [1.82, 2.24) is 25.2 Å². The molecule has 1 saturated heterocycles. The van der Waals surface area contributed by atoms with Gasteiger partial charge in [-0.15, -0.1) is 23.1 Å². The number of thioether (sulfide) groups is 1. The first kappa shape index (κ1) is 24.2. The number of carboxylic acid groups (broad SMARTS) is 1. The van der Waals surface area contributed by atoms with Gasteiger partial charge < -0.3 is 30.7 Å². The van der Waals surface area contributed by atoms with Crippen molar-refractivity contribution in [1.29, 1.82) is 0 Å².